The number of carbonyl (C=O) groups is 4. The molecule has 1 N–H and O–H groups in total. The van der Waals surface area contributed by atoms with Crippen LogP contribution in [0.1, 0.15) is 93.0 Å². The van der Waals surface area contributed by atoms with E-state index in [1.165, 1.54) is 0 Å². The van der Waals surface area contributed by atoms with Crippen LogP contribution in [0.15, 0.2) is 54.6 Å². The largest absolute Gasteiger partial charge is 0.433 e. The van der Waals surface area contributed by atoms with Crippen molar-refractivity contribution in [3.8, 4) is 0 Å². The average molecular weight is 679 g/mol. The molecule has 260 valence electrons. The monoisotopic (exact) mass is 678 g/mol. The first-order chi connectivity index (χ1) is 23.2. The number of carbonyl (C=O) groups excluding carboxylic acids is 4. The molecular formula is C36H41F3N6O4. The summed E-state index contributed by atoms with van der Waals surface area (Å²) < 4.78 is 40.4. The van der Waals surface area contributed by atoms with E-state index < -0.39 is 17.3 Å². The number of nitrogens with one attached hydrogen (secondary N) is 1. The van der Waals surface area contributed by atoms with Gasteiger partial charge in [-0.2, -0.15) is 13.2 Å². The first-order valence-electron chi connectivity index (χ1n) is 16.5. The Bertz CT molecular complexity index is 1650. The maximum absolute atomic E-state index is 13.5. The van der Waals surface area contributed by atoms with E-state index in [1.54, 1.807) is 74.2 Å². The van der Waals surface area contributed by atoms with Gasteiger partial charge < -0.3 is 15.1 Å². The average Bonchev–Trinajstić information content (AvgIpc) is 3.30. The quantitative estimate of drug-likeness (QED) is 0.400. The van der Waals surface area contributed by atoms with Crippen molar-refractivity contribution in [2.75, 3.05) is 57.3 Å². The molecule has 3 aromatic rings. The maximum atomic E-state index is 13.5. The minimum absolute atomic E-state index is 0.00871. The number of ketones is 2. The Kier molecular flexibility index (Phi) is 10.8. The molecule has 0 bridgehead atoms. The molecule has 0 atom stereocenters. The van der Waals surface area contributed by atoms with E-state index in [2.05, 4.69) is 20.2 Å². The summed E-state index contributed by atoms with van der Waals surface area (Å²) in [7, 11) is 0. The van der Waals surface area contributed by atoms with Crippen LogP contribution in [0.3, 0.4) is 0 Å². The molecule has 2 amide bonds. The molecule has 6 rings (SSSR count). The third kappa shape index (κ3) is 8.69. The zero-order valence-electron chi connectivity index (χ0n) is 28.0. The lowest BCUT2D eigenvalue weighted by Gasteiger charge is -2.36. The Hall–Kier alpha value is -4.65. The van der Waals surface area contributed by atoms with Gasteiger partial charge in [0.05, 0.1) is 11.1 Å². The van der Waals surface area contributed by atoms with Crippen molar-refractivity contribution in [3.05, 3.63) is 88.4 Å². The van der Waals surface area contributed by atoms with Gasteiger partial charge in [-0.1, -0.05) is 57.2 Å². The van der Waals surface area contributed by atoms with Gasteiger partial charge in [0.25, 0.3) is 11.8 Å². The zero-order chi connectivity index (χ0) is 35.3. The maximum Gasteiger partial charge on any atom is 0.433 e. The molecule has 0 radical (unpaired) electrons. The predicted octanol–water partition coefficient (Wildman–Crippen LogP) is 5.04. The summed E-state index contributed by atoms with van der Waals surface area (Å²) >= 11 is 0. The van der Waals surface area contributed by atoms with Crippen LogP contribution in [0.2, 0.25) is 0 Å². The highest BCUT2D eigenvalue weighted by Crippen LogP contribution is 2.32. The molecule has 1 aromatic heterocycles. The number of anilines is 1. The summed E-state index contributed by atoms with van der Waals surface area (Å²) in [5.74, 6) is 0.249. The molecule has 2 aromatic carbocycles. The number of nitrogens with zero attached hydrogens (tertiary/aromatic N) is 5. The van der Waals surface area contributed by atoms with Gasteiger partial charge in [0.1, 0.15) is 17.3 Å². The van der Waals surface area contributed by atoms with E-state index in [0.717, 1.165) is 19.0 Å². The first kappa shape index (κ1) is 35.7. The Morgan fingerprint density at radius 3 is 1.96 bits per heavy atom. The van der Waals surface area contributed by atoms with Crippen molar-refractivity contribution in [1.29, 1.82) is 0 Å². The molecule has 1 saturated heterocycles. The number of benzene rings is 2. The van der Waals surface area contributed by atoms with Crippen LogP contribution < -0.4 is 10.2 Å². The number of fused-ring (bicyclic) bond motifs is 2. The van der Waals surface area contributed by atoms with E-state index in [-0.39, 0.29) is 29.2 Å². The molecule has 0 spiro atoms. The smallest absolute Gasteiger partial charge is 0.354 e. The number of rotatable bonds is 5. The van der Waals surface area contributed by atoms with Crippen molar-refractivity contribution in [1.82, 2.24) is 25.1 Å². The summed E-state index contributed by atoms with van der Waals surface area (Å²) in [6, 6.07) is 14.9. The Morgan fingerprint density at radius 2 is 1.33 bits per heavy atom. The van der Waals surface area contributed by atoms with Crippen molar-refractivity contribution in [2.24, 2.45) is 0 Å². The normalized spacial score (nSPS) is 17.3. The fourth-order valence-corrected chi connectivity index (χ4v) is 5.98. The van der Waals surface area contributed by atoms with Crippen molar-refractivity contribution < 1.29 is 32.3 Å². The second-order valence-corrected chi connectivity index (χ2v) is 13.4. The third-order valence-corrected chi connectivity index (χ3v) is 8.74. The van der Waals surface area contributed by atoms with Crippen molar-refractivity contribution in [3.63, 3.8) is 0 Å². The predicted molar refractivity (Wildman–Crippen MR) is 178 cm³/mol. The number of hydrogen-bond acceptors (Lipinski definition) is 8. The van der Waals surface area contributed by atoms with Crippen molar-refractivity contribution in [2.45, 2.75) is 51.6 Å². The van der Waals surface area contributed by atoms with Gasteiger partial charge >= 0.3 is 6.18 Å². The molecule has 49 heavy (non-hydrogen) atoms. The second-order valence-electron chi connectivity index (χ2n) is 13.4. The molecule has 0 saturated carbocycles. The topological polar surface area (TPSA) is 116 Å². The number of Topliss-reactive ketones (excluding diaryl/α,β-unsaturated/α-hetero) is 2. The van der Waals surface area contributed by atoms with Crippen LogP contribution in [0.25, 0.3) is 0 Å². The summed E-state index contributed by atoms with van der Waals surface area (Å²) in [4.78, 5) is 62.2. The first-order valence-corrected chi connectivity index (χ1v) is 16.5. The SMILES string of the molecule is CC(C)(C)c1nc(N2CCN(CCCN3CCC(=O)c4ccccc4C3=O)CC2)cc(C(F)(F)F)n1.O=C1CCNC(=O)c2ccccc21. The van der Waals surface area contributed by atoms with Gasteiger partial charge in [-0.05, 0) is 25.1 Å². The van der Waals surface area contributed by atoms with Crippen LogP contribution in [-0.2, 0) is 11.6 Å². The van der Waals surface area contributed by atoms with Gasteiger partial charge in [-0.25, -0.2) is 9.97 Å². The lowest BCUT2D eigenvalue weighted by molar-refractivity contribution is -0.141. The summed E-state index contributed by atoms with van der Waals surface area (Å²) in [5.41, 5.74) is 0.471. The van der Waals surface area contributed by atoms with Gasteiger partial charge in [0.2, 0.25) is 0 Å². The van der Waals surface area contributed by atoms with E-state index in [4.69, 9.17) is 0 Å². The van der Waals surface area contributed by atoms with E-state index in [1.807, 2.05) is 4.90 Å². The highest BCUT2D eigenvalue weighted by Gasteiger charge is 2.36. The molecule has 0 unspecified atom stereocenters. The fourth-order valence-electron chi connectivity index (χ4n) is 5.98. The number of aromatic nitrogens is 2. The number of amides is 2. The van der Waals surface area contributed by atoms with Gasteiger partial charge in [0, 0.05) is 81.3 Å². The Labute approximate surface area is 283 Å². The number of alkyl halides is 3. The van der Waals surface area contributed by atoms with E-state index in [0.29, 0.717) is 86.7 Å². The van der Waals surface area contributed by atoms with E-state index >= 15 is 0 Å². The summed E-state index contributed by atoms with van der Waals surface area (Å²) in [6.07, 6.45) is -3.07. The summed E-state index contributed by atoms with van der Waals surface area (Å²) in [6.45, 7) is 10.0. The molecule has 13 heteroatoms. The van der Waals surface area contributed by atoms with Crippen molar-refractivity contribution >= 4 is 29.2 Å². The Morgan fingerprint density at radius 1 is 0.735 bits per heavy atom. The molecule has 3 aliphatic rings. The van der Waals surface area contributed by atoms with E-state index in [9.17, 15) is 32.3 Å². The van der Waals surface area contributed by atoms with Crippen LogP contribution in [-0.4, -0.2) is 95.5 Å². The molecule has 4 heterocycles. The lowest BCUT2D eigenvalue weighted by atomic mass is 9.95. The zero-order valence-corrected chi connectivity index (χ0v) is 28.0. The third-order valence-electron chi connectivity index (χ3n) is 8.74. The minimum Gasteiger partial charge on any atom is -0.354 e. The van der Waals surface area contributed by atoms with Gasteiger partial charge in [-0.3, -0.25) is 24.1 Å². The molecule has 10 nitrogen and oxygen atoms in total. The Balaban J connectivity index is 0.000000299. The fraction of sp³-hybridized carbons (Fsp3) is 0.444. The molecule has 1 fully saturated rings. The van der Waals surface area contributed by atoms with Crippen LogP contribution in [0.5, 0.6) is 0 Å². The van der Waals surface area contributed by atoms with Gasteiger partial charge in [0.15, 0.2) is 11.6 Å². The lowest BCUT2D eigenvalue weighted by Crippen LogP contribution is -2.47. The van der Waals surface area contributed by atoms with Crippen LogP contribution in [0, 0.1) is 0 Å². The standard InChI is InChI=1S/C26H32F3N5O2.C10H9NO2/c1-25(2,3)24-30-21(26(27,28)29)17-22(31-24)33-15-13-32(14-16-33)10-6-11-34-12-9-20(35)18-7-4-5-8-19(18)23(34)36;12-9-5-6-11-10(13)8-4-2-1-3-7(8)9/h4-5,7-8,17H,6,9-16H2,1-3H3;1-4H,5-6H2,(H,11,13). The minimum atomic E-state index is -4.53. The number of piperazine rings is 1. The molecule has 3 aliphatic heterocycles. The number of halogens is 3. The van der Waals surface area contributed by atoms with Crippen LogP contribution >= 0.6 is 0 Å². The summed E-state index contributed by atoms with van der Waals surface area (Å²) in [5, 5.41) is 2.67. The highest BCUT2D eigenvalue weighted by atomic mass is 19.4. The van der Waals surface area contributed by atoms with Crippen LogP contribution in [0.4, 0.5) is 19.0 Å². The second kappa shape index (κ2) is 14.9. The number of hydrogen-bond donors (Lipinski definition) is 1. The molecule has 0 aliphatic carbocycles. The van der Waals surface area contributed by atoms with Gasteiger partial charge in [-0.15, -0.1) is 0 Å². The highest BCUT2D eigenvalue weighted by molar-refractivity contribution is 6.10. The molecular weight excluding hydrogens is 637 g/mol.